The lowest BCUT2D eigenvalue weighted by Crippen LogP contribution is -2.34. The van der Waals surface area contributed by atoms with Crippen molar-refractivity contribution < 1.29 is 14.3 Å². The van der Waals surface area contributed by atoms with E-state index in [4.69, 9.17) is 9.47 Å². The molecule has 0 aliphatic heterocycles. The van der Waals surface area contributed by atoms with Crippen LogP contribution in [0, 0.1) is 5.92 Å². The van der Waals surface area contributed by atoms with Crippen LogP contribution in [-0.4, -0.2) is 17.7 Å². The first-order valence-electron chi connectivity index (χ1n) is 6.68. The molecule has 1 unspecified atom stereocenters. The van der Waals surface area contributed by atoms with Crippen LogP contribution < -0.4 is 0 Å². The van der Waals surface area contributed by atoms with E-state index in [0.717, 1.165) is 5.56 Å². The van der Waals surface area contributed by atoms with Crippen molar-refractivity contribution in [1.29, 1.82) is 0 Å². The van der Waals surface area contributed by atoms with Crippen molar-refractivity contribution in [2.75, 3.05) is 0 Å². The van der Waals surface area contributed by atoms with Gasteiger partial charge in [-0.3, -0.25) is 4.79 Å². The fourth-order valence-corrected chi connectivity index (χ4v) is 1.71. The van der Waals surface area contributed by atoms with Gasteiger partial charge in [0.05, 0.1) is 17.6 Å². The fourth-order valence-electron chi connectivity index (χ4n) is 1.71. The third kappa shape index (κ3) is 5.88. The Hall–Kier alpha value is -1.35. The van der Waals surface area contributed by atoms with Crippen molar-refractivity contribution in [3.63, 3.8) is 0 Å². The van der Waals surface area contributed by atoms with Gasteiger partial charge in [0.2, 0.25) is 0 Å². The van der Waals surface area contributed by atoms with Crippen LogP contribution in [0.1, 0.15) is 40.2 Å². The number of hydrogen-bond acceptors (Lipinski definition) is 3. The predicted molar refractivity (Wildman–Crippen MR) is 75.7 cm³/mol. The molecule has 3 heteroatoms. The number of carbonyl (C=O) groups excluding carboxylic acids is 1. The summed E-state index contributed by atoms with van der Waals surface area (Å²) < 4.78 is 11.1. The minimum absolute atomic E-state index is 0.164. The van der Waals surface area contributed by atoms with Gasteiger partial charge in [0.1, 0.15) is 6.61 Å². The summed E-state index contributed by atoms with van der Waals surface area (Å²) in [6.07, 6.45) is -0.164. The Balaban J connectivity index is 2.44. The summed E-state index contributed by atoms with van der Waals surface area (Å²) in [5.74, 6) is -0.497. The largest absolute Gasteiger partial charge is 0.461 e. The Morgan fingerprint density at radius 2 is 1.74 bits per heavy atom. The first-order valence-corrected chi connectivity index (χ1v) is 6.68. The Morgan fingerprint density at radius 3 is 2.26 bits per heavy atom. The fraction of sp³-hybridized carbons (Fsp3) is 0.562. The van der Waals surface area contributed by atoms with E-state index in [9.17, 15) is 4.79 Å². The molecule has 0 bridgehead atoms. The topological polar surface area (TPSA) is 35.5 Å². The van der Waals surface area contributed by atoms with E-state index in [1.54, 1.807) is 0 Å². The van der Waals surface area contributed by atoms with Crippen LogP contribution in [0.4, 0.5) is 0 Å². The Labute approximate surface area is 115 Å². The molecular formula is C16H24O3. The smallest absolute Gasteiger partial charge is 0.311 e. The number of carbonyl (C=O) groups is 1. The van der Waals surface area contributed by atoms with Crippen molar-refractivity contribution >= 4 is 5.97 Å². The molecular weight excluding hydrogens is 240 g/mol. The molecule has 1 rings (SSSR count). The van der Waals surface area contributed by atoms with Gasteiger partial charge in [-0.2, -0.15) is 0 Å². The number of benzene rings is 1. The lowest BCUT2D eigenvalue weighted by Gasteiger charge is -2.28. The van der Waals surface area contributed by atoms with E-state index in [-0.39, 0.29) is 23.6 Å². The van der Waals surface area contributed by atoms with Gasteiger partial charge in [-0.1, -0.05) is 30.3 Å². The van der Waals surface area contributed by atoms with Gasteiger partial charge < -0.3 is 9.47 Å². The van der Waals surface area contributed by atoms with Gasteiger partial charge >= 0.3 is 5.97 Å². The molecule has 0 aliphatic rings. The molecule has 0 saturated carbocycles. The molecule has 0 radical (unpaired) electrons. The molecule has 3 nitrogen and oxygen atoms in total. The maximum Gasteiger partial charge on any atom is 0.311 e. The molecule has 106 valence electrons. The van der Waals surface area contributed by atoms with Gasteiger partial charge in [0.15, 0.2) is 0 Å². The van der Waals surface area contributed by atoms with E-state index in [2.05, 4.69) is 0 Å². The van der Waals surface area contributed by atoms with Gasteiger partial charge in [0.25, 0.3) is 0 Å². The van der Waals surface area contributed by atoms with E-state index < -0.39 is 0 Å². The third-order valence-corrected chi connectivity index (χ3v) is 2.84. The van der Waals surface area contributed by atoms with Crippen LogP contribution in [0.3, 0.4) is 0 Å². The van der Waals surface area contributed by atoms with Crippen LogP contribution in [0.2, 0.25) is 0 Å². The highest BCUT2D eigenvalue weighted by Crippen LogP contribution is 2.18. The molecule has 0 aromatic heterocycles. The van der Waals surface area contributed by atoms with Crippen molar-refractivity contribution in [2.45, 2.75) is 52.9 Å². The van der Waals surface area contributed by atoms with Gasteiger partial charge in [-0.15, -0.1) is 0 Å². The summed E-state index contributed by atoms with van der Waals surface area (Å²) >= 11 is 0. The molecule has 0 amide bonds. The van der Waals surface area contributed by atoms with Crippen LogP contribution in [0.25, 0.3) is 0 Å². The summed E-state index contributed by atoms with van der Waals surface area (Å²) in [4.78, 5) is 11.9. The lowest BCUT2D eigenvalue weighted by molar-refractivity contribution is -0.158. The van der Waals surface area contributed by atoms with Gasteiger partial charge in [-0.25, -0.2) is 0 Å². The molecule has 0 spiro atoms. The second-order valence-electron chi connectivity index (χ2n) is 5.82. The predicted octanol–water partition coefficient (Wildman–Crippen LogP) is 3.57. The van der Waals surface area contributed by atoms with Crippen molar-refractivity contribution in [2.24, 2.45) is 5.92 Å². The molecule has 1 aromatic rings. The van der Waals surface area contributed by atoms with Crippen molar-refractivity contribution in [3.8, 4) is 0 Å². The third-order valence-electron chi connectivity index (χ3n) is 2.84. The first kappa shape index (κ1) is 15.7. The normalized spacial score (nSPS) is 14.8. The Kier molecular flexibility index (Phi) is 5.55. The highest BCUT2D eigenvalue weighted by Gasteiger charge is 2.26. The number of hydrogen-bond donors (Lipinski definition) is 0. The zero-order chi connectivity index (χ0) is 14.5. The van der Waals surface area contributed by atoms with Crippen molar-refractivity contribution in [1.82, 2.24) is 0 Å². The summed E-state index contributed by atoms with van der Waals surface area (Å²) in [5, 5.41) is 0. The maximum absolute atomic E-state index is 11.9. The summed E-state index contributed by atoms with van der Waals surface area (Å²) in [7, 11) is 0. The van der Waals surface area contributed by atoms with E-state index in [1.807, 2.05) is 65.0 Å². The molecule has 1 aromatic carbocycles. The quantitative estimate of drug-likeness (QED) is 0.763. The number of rotatable bonds is 5. The molecule has 19 heavy (non-hydrogen) atoms. The maximum atomic E-state index is 11.9. The van der Waals surface area contributed by atoms with Gasteiger partial charge in [-0.05, 0) is 40.2 Å². The first-order chi connectivity index (χ1) is 8.79. The number of ether oxygens (including phenoxy) is 2. The Morgan fingerprint density at radius 1 is 1.16 bits per heavy atom. The standard InChI is InChI=1S/C16H24O3/c1-12(13(2)19-16(3,4)5)15(17)18-11-14-9-7-6-8-10-14/h6-10,12-13H,11H2,1-5H3/t12-,13?/m0/s1. The summed E-state index contributed by atoms with van der Waals surface area (Å²) in [5.41, 5.74) is 0.736. The minimum Gasteiger partial charge on any atom is -0.461 e. The number of esters is 1. The summed E-state index contributed by atoms with van der Waals surface area (Å²) in [6, 6.07) is 9.67. The van der Waals surface area contributed by atoms with Gasteiger partial charge in [0, 0.05) is 0 Å². The zero-order valence-electron chi connectivity index (χ0n) is 12.5. The summed E-state index contributed by atoms with van der Waals surface area (Å²) in [6.45, 7) is 9.98. The van der Waals surface area contributed by atoms with E-state index in [1.165, 1.54) is 0 Å². The molecule has 0 heterocycles. The second kappa shape index (κ2) is 6.71. The second-order valence-corrected chi connectivity index (χ2v) is 5.82. The molecule has 2 atom stereocenters. The molecule has 0 aliphatic carbocycles. The molecule has 0 fully saturated rings. The average Bonchev–Trinajstić information content (AvgIpc) is 2.34. The monoisotopic (exact) mass is 264 g/mol. The van der Waals surface area contributed by atoms with Crippen LogP contribution in [0.5, 0.6) is 0 Å². The highest BCUT2D eigenvalue weighted by atomic mass is 16.5. The van der Waals surface area contributed by atoms with E-state index >= 15 is 0 Å². The minimum atomic E-state index is -0.275. The van der Waals surface area contributed by atoms with Crippen molar-refractivity contribution in [3.05, 3.63) is 35.9 Å². The molecule has 0 N–H and O–H groups in total. The van der Waals surface area contributed by atoms with E-state index in [0.29, 0.717) is 6.61 Å². The van der Waals surface area contributed by atoms with Crippen LogP contribution in [-0.2, 0) is 20.9 Å². The van der Waals surface area contributed by atoms with Crippen LogP contribution >= 0.6 is 0 Å². The van der Waals surface area contributed by atoms with Crippen LogP contribution in [0.15, 0.2) is 30.3 Å². The SMILES string of the molecule is CC(OC(C)(C)C)[C@H](C)C(=O)OCc1ccccc1. The Bertz CT molecular complexity index is 392. The highest BCUT2D eigenvalue weighted by molar-refractivity contribution is 5.72. The lowest BCUT2D eigenvalue weighted by atomic mass is 10.1. The molecule has 0 saturated heterocycles. The zero-order valence-corrected chi connectivity index (χ0v) is 12.5. The average molecular weight is 264 g/mol.